The van der Waals surface area contributed by atoms with E-state index in [9.17, 15) is 0 Å². The molecule has 2 aromatic rings. The average Bonchev–Trinajstić information content (AvgIpc) is 2.75. The van der Waals surface area contributed by atoms with E-state index in [2.05, 4.69) is 60.4 Å². The van der Waals surface area contributed by atoms with E-state index in [-0.39, 0.29) is 0 Å². The van der Waals surface area contributed by atoms with E-state index in [0.717, 1.165) is 23.9 Å². The van der Waals surface area contributed by atoms with E-state index >= 15 is 0 Å². The molecule has 0 fully saturated rings. The molecule has 0 spiro atoms. The second-order valence-corrected chi connectivity index (χ2v) is 5.88. The van der Waals surface area contributed by atoms with Gasteiger partial charge in [0, 0.05) is 25.0 Å². The van der Waals surface area contributed by atoms with E-state index in [1.807, 2.05) is 7.05 Å². The summed E-state index contributed by atoms with van der Waals surface area (Å²) >= 11 is 1.77. The number of anilines is 1. The lowest BCUT2D eigenvalue weighted by Gasteiger charge is -2.17. The second-order valence-electron chi connectivity index (χ2n) is 4.82. The lowest BCUT2D eigenvalue weighted by molar-refractivity contribution is 0.822. The van der Waals surface area contributed by atoms with Crippen molar-refractivity contribution in [2.24, 2.45) is 0 Å². The lowest BCUT2D eigenvalue weighted by atomic mass is 10.1. The van der Waals surface area contributed by atoms with E-state index < -0.39 is 0 Å². The molecule has 2 rings (SSSR count). The molecule has 0 radical (unpaired) electrons. The van der Waals surface area contributed by atoms with Crippen LogP contribution in [0.15, 0.2) is 24.3 Å². The third-order valence-corrected chi connectivity index (χ3v) is 4.49. The van der Waals surface area contributed by atoms with Crippen LogP contribution in [0, 0.1) is 13.8 Å². The first-order chi connectivity index (χ1) is 9.11. The van der Waals surface area contributed by atoms with Crippen molar-refractivity contribution in [1.29, 1.82) is 0 Å². The zero-order chi connectivity index (χ0) is 13.8. The zero-order valence-electron chi connectivity index (χ0n) is 12.0. The maximum Gasteiger partial charge on any atom is 0.185 e. The highest BCUT2D eigenvalue weighted by molar-refractivity contribution is 7.15. The van der Waals surface area contributed by atoms with Gasteiger partial charge in [0.1, 0.15) is 0 Å². The molecule has 102 valence electrons. The lowest BCUT2D eigenvalue weighted by Crippen LogP contribution is -2.16. The minimum absolute atomic E-state index is 0.891. The predicted octanol–water partition coefficient (Wildman–Crippen LogP) is 3.12. The minimum Gasteiger partial charge on any atom is -0.347 e. The molecular weight excluding hydrogens is 254 g/mol. The van der Waals surface area contributed by atoms with Crippen molar-refractivity contribution in [3.63, 3.8) is 0 Å². The van der Waals surface area contributed by atoms with Crippen LogP contribution < -0.4 is 10.2 Å². The molecule has 1 heterocycles. The fourth-order valence-electron chi connectivity index (χ4n) is 2.01. The van der Waals surface area contributed by atoms with Gasteiger partial charge < -0.3 is 10.2 Å². The Kier molecular flexibility index (Phi) is 4.56. The molecule has 0 aliphatic heterocycles. The third-order valence-electron chi connectivity index (χ3n) is 3.21. The second kappa shape index (κ2) is 6.17. The maximum atomic E-state index is 4.66. The molecule has 0 saturated carbocycles. The SMILES string of the molecule is CNCc1sc(N(C)Cc2ccccc2C)nc1C. The molecule has 1 aromatic heterocycles. The topological polar surface area (TPSA) is 28.2 Å². The molecule has 0 aliphatic carbocycles. The fourth-order valence-corrected chi connectivity index (χ4v) is 3.04. The molecule has 1 N–H and O–H groups in total. The van der Waals surface area contributed by atoms with Crippen LogP contribution in [0.1, 0.15) is 21.7 Å². The van der Waals surface area contributed by atoms with Gasteiger partial charge in [-0.1, -0.05) is 24.3 Å². The average molecular weight is 275 g/mol. The van der Waals surface area contributed by atoms with Gasteiger partial charge in [0.25, 0.3) is 0 Å². The third kappa shape index (κ3) is 3.33. The molecule has 0 unspecified atom stereocenters. The number of hydrogen-bond donors (Lipinski definition) is 1. The van der Waals surface area contributed by atoms with Crippen LogP contribution in [0.3, 0.4) is 0 Å². The van der Waals surface area contributed by atoms with Crippen molar-refractivity contribution in [2.45, 2.75) is 26.9 Å². The first kappa shape index (κ1) is 14.0. The van der Waals surface area contributed by atoms with Gasteiger partial charge in [0.2, 0.25) is 0 Å². The van der Waals surface area contributed by atoms with Crippen molar-refractivity contribution in [3.05, 3.63) is 46.0 Å². The van der Waals surface area contributed by atoms with Gasteiger partial charge in [-0.3, -0.25) is 0 Å². The number of nitrogens with zero attached hydrogens (tertiary/aromatic N) is 2. The normalized spacial score (nSPS) is 10.7. The number of rotatable bonds is 5. The summed E-state index contributed by atoms with van der Waals surface area (Å²) in [4.78, 5) is 8.19. The highest BCUT2D eigenvalue weighted by Crippen LogP contribution is 2.26. The van der Waals surface area contributed by atoms with Crippen LogP contribution in [-0.4, -0.2) is 19.1 Å². The van der Waals surface area contributed by atoms with Crippen LogP contribution in [0.25, 0.3) is 0 Å². The van der Waals surface area contributed by atoms with Crippen molar-refractivity contribution in [3.8, 4) is 0 Å². The molecule has 3 nitrogen and oxygen atoms in total. The van der Waals surface area contributed by atoms with Crippen molar-refractivity contribution < 1.29 is 0 Å². The summed E-state index contributed by atoms with van der Waals surface area (Å²) < 4.78 is 0. The number of hydrogen-bond acceptors (Lipinski definition) is 4. The maximum absolute atomic E-state index is 4.66. The Bertz CT molecular complexity index is 548. The first-order valence-corrected chi connectivity index (χ1v) is 7.30. The van der Waals surface area contributed by atoms with E-state index in [0.29, 0.717) is 0 Å². The number of thiazole rings is 1. The molecule has 0 saturated heterocycles. The van der Waals surface area contributed by atoms with Crippen molar-refractivity contribution in [1.82, 2.24) is 10.3 Å². The Morgan fingerprint density at radius 1 is 1.26 bits per heavy atom. The summed E-state index contributed by atoms with van der Waals surface area (Å²) in [6, 6.07) is 8.51. The van der Waals surface area contributed by atoms with E-state index in [1.54, 1.807) is 11.3 Å². The Balaban J connectivity index is 2.14. The van der Waals surface area contributed by atoms with Crippen LogP contribution in [-0.2, 0) is 13.1 Å². The number of aryl methyl sites for hydroxylation is 2. The Labute approximate surface area is 119 Å². The van der Waals surface area contributed by atoms with E-state index in [1.165, 1.54) is 16.0 Å². The van der Waals surface area contributed by atoms with Crippen LogP contribution >= 0.6 is 11.3 Å². The molecule has 19 heavy (non-hydrogen) atoms. The van der Waals surface area contributed by atoms with Crippen LogP contribution in [0.5, 0.6) is 0 Å². The number of benzene rings is 1. The molecule has 0 amide bonds. The minimum atomic E-state index is 0.891. The molecule has 4 heteroatoms. The molecular formula is C15H21N3S. The molecule has 1 aromatic carbocycles. The number of nitrogens with one attached hydrogen (secondary N) is 1. The van der Waals surface area contributed by atoms with Gasteiger partial charge in [0.15, 0.2) is 5.13 Å². The number of aromatic nitrogens is 1. The highest BCUT2D eigenvalue weighted by atomic mass is 32.1. The summed E-state index contributed by atoms with van der Waals surface area (Å²) in [5.74, 6) is 0. The van der Waals surface area contributed by atoms with E-state index in [4.69, 9.17) is 0 Å². The Morgan fingerprint density at radius 3 is 2.68 bits per heavy atom. The largest absolute Gasteiger partial charge is 0.347 e. The zero-order valence-corrected chi connectivity index (χ0v) is 12.8. The van der Waals surface area contributed by atoms with Gasteiger partial charge >= 0.3 is 0 Å². The predicted molar refractivity (Wildman–Crippen MR) is 82.9 cm³/mol. The molecule has 0 bridgehead atoms. The van der Waals surface area contributed by atoms with Crippen LogP contribution in [0.2, 0.25) is 0 Å². The van der Waals surface area contributed by atoms with Gasteiger partial charge in [-0.05, 0) is 32.0 Å². The van der Waals surface area contributed by atoms with Crippen molar-refractivity contribution >= 4 is 16.5 Å². The Morgan fingerprint density at radius 2 is 2.00 bits per heavy atom. The molecule has 0 aliphatic rings. The van der Waals surface area contributed by atoms with Gasteiger partial charge in [-0.25, -0.2) is 4.98 Å². The highest BCUT2D eigenvalue weighted by Gasteiger charge is 2.11. The Hall–Kier alpha value is -1.39. The van der Waals surface area contributed by atoms with Gasteiger partial charge in [-0.15, -0.1) is 11.3 Å². The van der Waals surface area contributed by atoms with Gasteiger partial charge in [-0.2, -0.15) is 0 Å². The van der Waals surface area contributed by atoms with Gasteiger partial charge in [0.05, 0.1) is 5.69 Å². The summed E-state index contributed by atoms with van der Waals surface area (Å²) in [5, 5.41) is 4.28. The van der Waals surface area contributed by atoms with Crippen LogP contribution in [0.4, 0.5) is 5.13 Å². The molecule has 0 atom stereocenters. The standard InChI is InChI=1S/C15H21N3S/c1-11-7-5-6-8-13(11)10-18(4)15-17-12(2)14(19-15)9-16-3/h5-8,16H,9-10H2,1-4H3. The fraction of sp³-hybridized carbons (Fsp3) is 0.400. The summed E-state index contributed by atoms with van der Waals surface area (Å²) in [7, 11) is 4.07. The smallest absolute Gasteiger partial charge is 0.185 e. The summed E-state index contributed by atoms with van der Waals surface area (Å²) in [5.41, 5.74) is 3.82. The first-order valence-electron chi connectivity index (χ1n) is 6.48. The van der Waals surface area contributed by atoms with Crippen molar-refractivity contribution in [2.75, 3.05) is 19.0 Å². The summed E-state index contributed by atoms with van der Waals surface area (Å²) in [6.07, 6.45) is 0. The quantitative estimate of drug-likeness (QED) is 0.909. The summed E-state index contributed by atoms with van der Waals surface area (Å²) in [6.45, 7) is 6.03. The monoisotopic (exact) mass is 275 g/mol.